The van der Waals surface area contributed by atoms with Crippen molar-refractivity contribution in [2.45, 2.75) is 72.6 Å². The first-order valence-electron chi connectivity index (χ1n) is 12.3. The van der Waals surface area contributed by atoms with Gasteiger partial charge in [-0.3, -0.25) is 14.5 Å². The molecule has 198 valence electrons. The number of hydrogen-bond donors (Lipinski definition) is 1. The molecular weight excluding hydrogens is 478 g/mol. The van der Waals surface area contributed by atoms with Gasteiger partial charge in [-0.05, 0) is 66.2 Å². The van der Waals surface area contributed by atoms with Crippen LogP contribution < -0.4 is 10.2 Å². The van der Waals surface area contributed by atoms with Crippen molar-refractivity contribution in [3.63, 3.8) is 0 Å². The van der Waals surface area contributed by atoms with Crippen LogP contribution in [0.4, 0.5) is 21.1 Å². The Hall–Kier alpha value is -3.89. The third-order valence-corrected chi connectivity index (χ3v) is 6.42. The topological polar surface area (TPSA) is 123 Å². The molecule has 1 aromatic heterocycles. The highest BCUT2D eigenvalue weighted by Crippen LogP contribution is 2.42. The third kappa shape index (κ3) is 4.65. The van der Waals surface area contributed by atoms with Gasteiger partial charge in [0, 0.05) is 23.4 Å². The molecule has 11 nitrogen and oxygen atoms in total. The zero-order valence-corrected chi connectivity index (χ0v) is 22.3. The number of carbonyl (C=O) groups excluding carboxylic acids is 4. The highest BCUT2D eigenvalue weighted by Gasteiger charge is 2.43. The standard InChI is InChI=1S/C26H33N5O6/c1-8-30-18-12-15(10-11-17(18)26(6,7)22(30)33)21(32)27-20-16-13-29(23(34)37-25(3,4)5)14-19(16)31(28-20)24(35)36-9-2/h10-12H,8-9,13-14H2,1-7H3,(H,27,28,32). The van der Waals surface area contributed by atoms with Crippen molar-refractivity contribution in [3.8, 4) is 0 Å². The van der Waals surface area contributed by atoms with Crippen molar-refractivity contribution >= 4 is 35.5 Å². The number of aromatic nitrogens is 2. The van der Waals surface area contributed by atoms with E-state index < -0.39 is 29.1 Å². The van der Waals surface area contributed by atoms with Gasteiger partial charge in [0.05, 0.1) is 30.8 Å². The second-order valence-corrected chi connectivity index (χ2v) is 10.6. The smallest absolute Gasteiger partial charge is 0.435 e. The molecule has 0 fully saturated rings. The molecule has 2 aliphatic rings. The van der Waals surface area contributed by atoms with Gasteiger partial charge in [0.2, 0.25) is 5.91 Å². The molecule has 3 amide bonds. The van der Waals surface area contributed by atoms with Crippen LogP contribution in [0, 0.1) is 0 Å². The van der Waals surface area contributed by atoms with Crippen molar-refractivity contribution in [1.29, 1.82) is 0 Å². The average molecular weight is 512 g/mol. The van der Waals surface area contributed by atoms with Crippen LogP contribution in [0.15, 0.2) is 18.2 Å². The van der Waals surface area contributed by atoms with Gasteiger partial charge in [-0.2, -0.15) is 4.68 Å². The summed E-state index contributed by atoms with van der Waals surface area (Å²) in [4.78, 5) is 54.4. The second-order valence-electron chi connectivity index (χ2n) is 10.6. The van der Waals surface area contributed by atoms with Gasteiger partial charge in [-0.15, -0.1) is 5.10 Å². The Morgan fingerprint density at radius 1 is 1.11 bits per heavy atom. The van der Waals surface area contributed by atoms with E-state index in [1.165, 1.54) is 4.90 Å². The lowest BCUT2D eigenvalue weighted by atomic mass is 9.86. The zero-order chi connectivity index (χ0) is 27.3. The van der Waals surface area contributed by atoms with Gasteiger partial charge < -0.3 is 19.7 Å². The largest absolute Gasteiger partial charge is 0.448 e. The summed E-state index contributed by atoms with van der Waals surface area (Å²) < 4.78 is 11.7. The zero-order valence-electron chi connectivity index (χ0n) is 22.3. The van der Waals surface area contributed by atoms with Gasteiger partial charge in [0.1, 0.15) is 5.60 Å². The van der Waals surface area contributed by atoms with Crippen molar-refractivity contribution in [3.05, 3.63) is 40.6 Å². The van der Waals surface area contributed by atoms with Gasteiger partial charge >= 0.3 is 12.2 Å². The van der Waals surface area contributed by atoms with E-state index in [-0.39, 0.29) is 31.4 Å². The first-order chi connectivity index (χ1) is 17.3. The molecule has 1 aromatic carbocycles. The summed E-state index contributed by atoms with van der Waals surface area (Å²) >= 11 is 0. The molecule has 4 rings (SSSR count). The predicted octanol–water partition coefficient (Wildman–Crippen LogP) is 4.03. The maximum absolute atomic E-state index is 13.3. The number of amides is 3. The Balaban J connectivity index is 1.63. The van der Waals surface area contributed by atoms with E-state index >= 15 is 0 Å². The van der Waals surface area contributed by atoms with Crippen LogP contribution in [0.1, 0.15) is 75.6 Å². The van der Waals surface area contributed by atoms with Crippen LogP contribution in [0.5, 0.6) is 0 Å². The minimum Gasteiger partial charge on any atom is -0.448 e. The van der Waals surface area contributed by atoms with Gasteiger partial charge in [0.15, 0.2) is 5.82 Å². The van der Waals surface area contributed by atoms with E-state index in [4.69, 9.17) is 9.47 Å². The summed E-state index contributed by atoms with van der Waals surface area (Å²) in [6, 6.07) is 5.15. The van der Waals surface area contributed by atoms with E-state index in [0.29, 0.717) is 29.1 Å². The number of rotatable bonds is 4. The normalized spacial score (nSPS) is 15.9. The summed E-state index contributed by atoms with van der Waals surface area (Å²) in [7, 11) is 0. The Bertz CT molecular complexity index is 1290. The van der Waals surface area contributed by atoms with Crippen LogP contribution >= 0.6 is 0 Å². The summed E-state index contributed by atoms with van der Waals surface area (Å²) in [6.07, 6.45) is -1.25. The Kier molecular flexibility index (Phi) is 6.51. The molecule has 37 heavy (non-hydrogen) atoms. The number of benzene rings is 1. The summed E-state index contributed by atoms with van der Waals surface area (Å²) in [6.45, 7) is 13.4. The molecule has 0 radical (unpaired) electrons. The molecule has 0 aliphatic carbocycles. The number of anilines is 2. The van der Waals surface area contributed by atoms with E-state index in [9.17, 15) is 19.2 Å². The summed E-state index contributed by atoms with van der Waals surface area (Å²) in [5.74, 6) is -0.317. The maximum atomic E-state index is 13.3. The number of hydrogen-bond acceptors (Lipinski definition) is 7. The third-order valence-electron chi connectivity index (χ3n) is 6.42. The molecule has 11 heteroatoms. The van der Waals surface area contributed by atoms with E-state index in [1.54, 1.807) is 50.8 Å². The van der Waals surface area contributed by atoms with Gasteiger partial charge in [-0.25, -0.2) is 9.59 Å². The molecule has 0 unspecified atom stereocenters. The predicted molar refractivity (Wildman–Crippen MR) is 136 cm³/mol. The molecule has 0 bridgehead atoms. The van der Waals surface area contributed by atoms with Crippen LogP contribution in [0.3, 0.4) is 0 Å². The van der Waals surface area contributed by atoms with Crippen LogP contribution in [-0.4, -0.2) is 57.4 Å². The SMILES string of the molecule is CCOC(=O)n1nc(NC(=O)c2ccc3c(c2)N(CC)C(=O)C3(C)C)c2c1CN(C(=O)OC(C)(C)C)C2. The molecule has 2 aromatic rings. The minimum atomic E-state index is -0.706. The lowest BCUT2D eigenvalue weighted by molar-refractivity contribution is -0.122. The first-order valence-corrected chi connectivity index (χ1v) is 12.3. The Morgan fingerprint density at radius 3 is 2.43 bits per heavy atom. The van der Waals surface area contributed by atoms with E-state index in [1.807, 2.05) is 20.8 Å². The number of nitrogens with one attached hydrogen (secondary N) is 1. The number of nitrogens with zero attached hydrogens (tertiary/aromatic N) is 4. The van der Waals surface area contributed by atoms with Gasteiger partial charge in [0.25, 0.3) is 5.91 Å². The van der Waals surface area contributed by atoms with E-state index in [2.05, 4.69) is 10.4 Å². The first kappa shape index (κ1) is 26.2. The Labute approximate surface area is 215 Å². The molecule has 0 saturated heterocycles. The van der Waals surface area contributed by atoms with Crippen LogP contribution in [0.25, 0.3) is 0 Å². The monoisotopic (exact) mass is 511 g/mol. The fourth-order valence-corrected chi connectivity index (χ4v) is 4.61. The highest BCUT2D eigenvalue weighted by atomic mass is 16.6. The second kappa shape index (κ2) is 9.20. The van der Waals surface area contributed by atoms with Crippen molar-refractivity contribution in [2.24, 2.45) is 0 Å². The fraction of sp³-hybridized carbons (Fsp3) is 0.500. The number of likely N-dealkylation sites (N-methyl/N-ethyl adjacent to an activating group) is 1. The molecular formula is C26H33N5O6. The lowest BCUT2D eigenvalue weighted by Crippen LogP contribution is -2.35. The van der Waals surface area contributed by atoms with Crippen molar-refractivity contribution in [1.82, 2.24) is 14.7 Å². The molecule has 0 saturated carbocycles. The quantitative estimate of drug-likeness (QED) is 0.657. The number of ether oxygens (including phenoxy) is 2. The van der Waals surface area contributed by atoms with Crippen molar-refractivity contribution in [2.75, 3.05) is 23.4 Å². The maximum Gasteiger partial charge on any atom is 0.435 e. The fourth-order valence-electron chi connectivity index (χ4n) is 4.61. The number of fused-ring (bicyclic) bond motifs is 2. The summed E-state index contributed by atoms with van der Waals surface area (Å²) in [5, 5.41) is 7.07. The molecule has 1 N–H and O–H groups in total. The van der Waals surface area contributed by atoms with Gasteiger partial charge in [-0.1, -0.05) is 6.07 Å². The lowest BCUT2D eigenvalue weighted by Gasteiger charge is -2.24. The summed E-state index contributed by atoms with van der Waals surface area (Å²) in [5.41, 5.74) is 1.50. The number of carbonyl (C=O) groups is 4. The highest BCUT2D eigenvalue weighted by molar-refractivity contribution is 6.10. The van der Waals surface area contributed by atoms with Crippen LogP contribution in [-0.2, 0) is 32.8 Å². The van der Waals surface area contributed by atoms with Crippen molar-refractivity contribution < 1.29 is 28.7 Å². The van der Waals surface area contributed by atoms with E-state index in [0.717, 1.165) is 10.2 Å². The van der Waals surface area contributed by atoms with Crippen LogP contribution in [0.2, 0.25) is 0 Å². The minimum absolute atomic E-state index is 0.0178. The molecule has 3 heterocycles. The molecule has 0 spiro atoms. The Morgan fingerprint density at radius 2 is 1.81 bits per heavy atom. The molecule has 0 atom stereocenters. The average Bonchev–Trinajstić information content (AvgIpc) is 3.43. The molecule has 2 aliphatic heterocycles.